The van der Waals surface area contributed by atoms with Gasteiger partial charge in [0.1, 0.15) is 6.10 Å². The van der Waals surface area contributed by atoms with E-state index in [-0.39, 0.29) is 17.7 Å². The van der Waals surface area contributed by atoms with Crippen molar-refractivity contribution in [3.05, 3.63) is 54.2 Å². The number of nitrogens with one attached hydrogen (secondary N) is 1. The molecule has 1 unspecified atom stereocenters. The van der Waals surface area contributed by atoms with Gasteiger partial charge in [-0.05, 0) is 50.2 Å². The molecule has 2 aromatic rings. The number of methoxy groups -OCH3 is 1. The number of hydrogen-bond acceptors (Lipinski definition) is 8. The molecule has 0 aliphatic heterocycles. The Labute approximate surface area is 208 Å². The van der Waals surface area contributed by atoms with Gasteiger partial charge in [-0.25, -0.2) is 4.79 Å². The van der Waals surface area contributed by atoms with Crippen molar-refractivity contribution in [1.82, 2.24) is 15.2 Å². The van der Waals surface area contributed by atoms with Crippen LogP contribution in [0.2, 0.25) is 0 Å². The van der Waals surface area contributed by atoms with Crippen LogP contribution in [-0.2, 0) is 20.8 Å². The number of ether oxygens (including phenoxy) is 2. The number of carbonyl (C=O) groups is 1. The number of carbonyl (C=O) groups excluding carboxylic acids is 1. The van der Waals surface area contributed by atoms with Crippen LogP contribution >= 0.6 is 0 Å². The highest BCUT2D eigenvalue weighted by Gasteiger charge is 2.25. The molecule has 9 heteroatoms. The molecular weight excluding hydrogens is 446 g/mol. The normalized spacial score (nSPS) is 16.3. The van der Waals surface area contributed by atoms with Crippen LogP contribution < -0.4 is 17.0 Å². The molecule has 1 heterocycles. The lowest BCUT2D eigenvalue weighted by atomic mass is 9.95. The van der Waals surface area contributed by atoms with Gasteiger partial charge in [0.15, 0.2) is 5.70 Å². The highest BCUT2D eigenvalue weighted by atomic mass is 16.5. The molecule has 1 aliphatic rings. The fourth-order valence-corrected chi connectivity index (χ4v) is 4.18. The Bertz CT molecular complexity index is 925. The molecular formula is C26H41N5O4. The maximum atomic E-state index is 11.2. The van der Waals surface area contributed by atoms with Crippen LogP contribution in [0.4, 0.5) is 0 Å². The van der Waals surface area contributed by atoms with Crippen molar-refractivity contribution >= 4 is 5.97 Å². The minimum absolute atomic E-state index is 0.00116. The van der Waals surface area contributed by atoms with Gasteiger partial charge in [-0.1, -0.05) is 57.0 Å². The van der Waals surface area contributed by atoms with Crippen molar-refractivity contribution in [2.24, 2.45) is 11.6 Å². The Morgan fingerprint density at radius 1 is 1.20 bits per heavy atom. The first-order valence-corrected chi connectivity index (χ1v) is 12.4. The van der Waals surface area contributed by atoms with E-state index in [1.807, 2.05) is 35.9 Å². The molecule has 0 amide bonds. The smallest absolute Gasteiger partial charge is 0.361 e. The Balaban J connectivity index is 0.000000251. The second-order valence-corrected chi connectivity index (χ2v) is 8.82. The summed E-state index contributed by atoms with van der Waals surface area (Å²) < 4.78 is 11.9. The first kappa shape index (κ1) is 28.2. The molecule has 6 N–H and O–H groups in total. The maximum absolute atomic E-state index is 11.2. The number of aliphatic hydroxyl groups is 1. The standard InChI is InChI=1S/C16H22N2O.C10H19N3O3/c1-3-11-16(19,4-2)13-18-15(10-12-17-18)14-8-6-5-7-9-14;1-15-10(14)8(13-12)9(11)16-7-5-3-2-4-6-7/h5-10,12,19H,3-4,11,13H2,1-2H3;7,13H,2-6,11-12H2,1H3/b;9-8+. The Hall–Kier alpha value is -3.04. The fraction of sp³-hybridized carbons (Fsp3) is 0.538. The molecule has 9 nitrogen and oxygen atoms in total. The summed E-state index contributed by atoms with van der Waals surface area (Å²) in [5.74, 6) is 4.56. The Morgan fingerprint density at radius 2 is 1.89 bits per heavy atom. The zero-order valence-electron chi connectivity index (χ0n) is 21.2. The predicted molar refractivity (Wildman–Crippen MR) is 136 cm³/mol. The second-order valence-electron chi connectivity index (χ2n) is 8.82. The van der Waals surface area contributed by atoms with Crippen molar-refractivity contribution in [3.63, 3.8) is 0 Å². The Kier molecular flexibility index (Phi) is 11.6. The van der Waals surface area contributed by atoms with Crippen molar-refractivity contribution in [2.75, 3.05) is 7.11 Å². The zero-order chi connectivity index (χ0) is 25.7. The molecule has 1 aromatic heterocycles. The van der Waals surface area contributed by atoms with E-state index in [9.17, 15) is 9.90 Å². The molecule has 35 heavy (non-hydrogen) atoms. The van der Waals surface area contributed by atoms with Crippen molar-refractivity contribution < 1.29 is 19.4 Å². The number of hydrogen-bond donors (Lipinski definition) is 4. The van der Waals surface area contributed by atoms with Gasteiger partial charge in [0.05, 0.1) is 24.9 Å². The predicted octanol–water partition coefficient (Wildman–Crippen LogP) is 3.59. The van der Waals surface area contributed by atoms with E-state index in [0.717, 1.165) is 56.2 Å². The van der Waals surface area contributed by atoms with Crippen LogP contribution in [0, 0.1) is 0 Å². The molecule has 1 aliphatic carbocycles. The summed E-state index contributed by atoms with van der Waals surface area (Å²) in [4.78, 5) is 11.2. The minimum Gasteiger partial charge on any atom is -0.474 e. The Morgan fingerprint density at radius 3 is 2.46 bits per heavy atom. The van der Waals surface area contributed by atoms with Gasteiger partial charge >= 0.3 is 5.97 Å². The third kappa shape index (κ3) is 8.60. The summed E-state index contributed by atoms with van der Waals surface area (Å²) >= 11 is 0. The van der Waals surface area contributed by atoms with Crippen LogP contribution in [0.15, 0.2) is 54.2 Å². The lowest BCUT2D eigenvalue weighted by Crippen LogP contribution is -2.34. The molecule has 0 bridgehead atoms. The number of rotatable bonds is 10. The number of aromatic nitrogens is 2. The largest absolute Gasteiger partial charge is 0.474 e. The van der Waals surface area contributed by atoms with E-state index >= 15 is 0 Å². The first-order chi connectivity index (χ1) is 16.9. The van der Waals surface area contributed by atoms with Gasteiger partial charge in [-0.2, -0.15) is 5.10 Å². The monoisotopic (exact) mass is 487 g/mol. The van der Waals surface area contributed by atoms with Crippen LogP contribution in [0.1, 0.15) is 65.2 Å². The van der Waals surface area contributed by atoms with Crippen molar-refractivity contribution in [3.8, 4) is 11.3 Å². The number of esters is 1. The minimum atomic E-state index is -0.662. The van der Waals surface area contributed by atoms with Crippen LogP contribution in [-0.4, -0.2) is 39.7 Å². The van der Waals surface area contributed by atoms with E-state index in [1.54, 1.807) is 6.20 Å². The third-order valence-electron chi connectivity index (χ3n) is 6.23. The van der Waals surface area contributed by atoms with E-state index in [0.29, 0.717) is 6.54 Å². The summed E-state index contributed by atoms with van der Waals surface area (Å²) in [5, 5.41) is 15.0. The molecule has 3 rings (SSSR count). The SMILES string of the molecule is CCCC(O)(CC)Cn1nccc1-c1ccccc1.COC(=O)/C(NN)=C(/N)OC1CCCCC1. The molecule has 1 saturated carbocycles. The van der Waals surface area contributed by atoms with Gasteiger partial charge in [0.2, 0.25) is 5.88 Å². The summed E-state index contributed by atoms with van der Waals surface area (Å²) in [7, 11) is 1.26. The van der Waals surface area contributed by atoms with E-state index in [2.05, 4.69) is 34.3 Å². The highest BCUT2D eigenvalue weighted by Crippen LogP contribution is 2.24. The maximum Gasteiger partial charge on any atom is 0.361 e. The third-order valence-corrected chi connectivity index (χ3v) is 6.23. The van der Waals surface area contributed by atoms with Gasteiger partial charge in [0.25, 0.3) is 0 Å². The molecule has 1 atom stereocenters. The average Bonchev–Trinajstić information content (AvgIpc) is 3.33. The zero-order valence-corrected chi connectivity index (χ0v) is 21.2. The number of nitrogens with two attached hydrogens (primary N) is 2. The number of hydrazine groups is 1. The average molecular weight is 488 g/mol. The lowest BCUT2D eigenvalue weighted by molar-refractivity contribution is -0.137. The van der Waals surface area contributed by atoms with Gasteiger partial charge in [0, 0.05) is 6.20 Å². The molecule has 0 saturated heterocycles. The highest BCUT2D eigenvalue weighted by molar-refractivity contribution is 5.87. The molecule has 1 fully saturated rings. The summed E-state index contributed by atoms with van der Waals surface area (Å²) in [6.45, 7) is 4.68. The topological polar surface area (TPSA) is 138 Å². The lowest BCUT2D eigenvalue weighted by Gasteiger charge is -2.27. The van der Waals surface area contributed by atoms with E-state index in [4.69, 9.17) is 16.3 Å². The summed E-state index contributed by atoms with van der Waals surface area (Å²) in [6, 6.07) is 12.2. The first-order valence-electron chi connectivity index (χ1n) is 12.4. The molecule has 0 spiro atoms. The summed E-state index contributed by atoms with van der Waals surface area (Å²) in [6.07, 6.45) is 9.79. The van der Waals surface area contributed by atoms with Crippen molar-refractivity contribution in [2.45, 2.75) is 83.5 Å². The van der Waals surface area contributed by atoms with Gasteiger partial charge < -0.3 is 25.7 Å². The quantitative estimate of drug-likeness (QED) is 0.131. The van der Waals surface area contributed by atoms with E-state index in [1.165, 1.54) is 13.5 Å². The van der Waals surface area contributed by atoms with Crippen molar-refractivity contribution in [1.29, 1.82) is 0 Å². The van der Waals surface area contributed by atoms with Gasteiger partial charge in [-0.3, -0.25) is 10.5 Å². The number of nitrogens with zero attached hydrogens (tertiary/aromatic N) is 2. The second kappa shape index (κ2) is 14.4. The fourth-order valence-electron chi connectivity index (χ4n) is 4.18. The van der Waals surface area contributed by atoms with Crippen LogP contribution in [0.3, 0.4) is 0 Å². The molecule has 0 radical (unpaired) electrons. The molecule has 1 aromatic carbocycles. The van der Waals surface area contributed by atoms with E-state index < -0.39 is 11.6 Å². The van der Waals surface area contributed by atoms with Crippen LogP contribution in [0.5, 0.6) is 0 Å². The van der Waals surface area contributed by atoms with Gasteiger partial charge in [-0.15, -0.1) is 0 Å². The van der Waals surface area contributed by atoms with Crippen LogP contribution in [0.25, 0.3) is 11.3 Å². The number of benzene rings is 1. The molecule has 194 valence electrons. The summed E-state index contributed by atoms with van der Waals surface area (Å²) in [5.41, 5.74) is 9.34.